The highest BCUT2D eigenvalue weighted by Gasteiger charge is 2.19. The Hall–Kier alpha value is -0.730. The molecule has 0 radical (unpaired) electrons. The Balaban J connectivity index is 2.49. The Morgan fingerprint density at radius 2 is 1.71 bits per heavy atom. The van der Waals surface area contributed by atoms with Gasteiger partial charge in [-0.1, -0.05) is 53.9 Å². The summed E-state index contributed by atoms with van der Waals surface area (Å²) in [5.74, 6) is 0. The van der Waals surface area contributed by atoms with Crippen LogP contribution in [0.2, 0.25) is 15.1 Å². The van der Waals surface area contributed by atoms with Gasteiger partial charge in [0.15, 0.2) is 0 Å². The van der Waals surface area contributed by atoms with E-state index in [1.54, 1.807) is 6.07 Å². The first-order valence-corrected chi connectivity index (χ1v) is 8.10. The molecule has 0 bridgehead atoms. The van der Waals surface area contributed by atoms with Crippen molar-refractivity contribution < 1.29 is 0 Å². The molecule has 2 rings (SSSR count). The molecule has 0 spiro atoms. The molecule has 0 heterocycles. The Labute approximate surface area is 141 Å². The van der Waals surface area contributed by atoms with Crippen molar-refractivity contribution in [2.75, 3.05) is 6.54 Å². The normalized spacial score (nSPS) is 12.4. The smallest absolute Gasteiger partial charge is 0.0606 e. The summed E-state index contributed by atoms with van der Waals surface area (Å²) in [5.41, 5.74) is 3.10. The first-order valence-electron chi connectivity index (χ1n) is 6.97. The van der Waals surface area contributed by atoms with Gasteiger partial charge in [0.25, 0.3) is 0 Å². The van der Waals surface area contributed by atoms with Gasteiger partial charge in [-0.3, -0.25) is 0 Å². The van der Waals surface area contributed by atoms with Crippen molar-refractivity contribution in [3.05, 3.63) is 68.2 Å². The van der Waals surface area contributed by atoms with E-state index in [0.717, 1.165) is 34.7 Å². The quantitative estimate of drug-likeness (QED) is 0.698. The fourth-order valence-electron chi connectivity index (χ4n) is 2.28. The molecule has 0 saturated carbocycles. The van der Waals surface area contributed by atoms with Gasteiger partial charge >= 0.3 is 0 Å². The van der Waals surface area contributed by atoms with Gasteiger partial charge in [-0.25, -0.2) is 0 Å². The summed E-state index contributed by atoms with van der Waals surface area (Å²) < 4.78 is 0. The van der Waals surface area contributed by atoms with Crippen molar-refractivity contribution in [2.45, 2.75) is 26.3 Å². The largest absolute Gasteiger partial charge is 0.306 e. The summed E-state index contributed by atoms with van der Waals surface area (Å²) in [4.78, 5) is 0. The lowest BCUT2D eigenvalue weighted by atomic mass is 9.97. The lowest BCUT2D eigenvalue weighted by Gasteiger charge is -2.22. The van der Waals surface area contributed by atoms with Crippen molar-refractivity contribution in [2.24, 2.45) is 0 Å². The minimum atomic E-state index is -0.0655. The fourth-order valence-corrected chi connectivity index (χ4v) is 3.03. The third-order valence-corrected chi connectivity index (χ3v) is 4.24. The van der Waals surface area contributed by atoms with Gasteiger partial charge in [0, 0.05) is 15.1 Å². The molecule has 0 aromatic heterocycles. The molecule has 0 fully saturated rings. The Kier molecular flexibility index (Phi) is 5.95. The summed E-state index contributed by atoms with van der Waals surface area (Å²) in [6.07, 6.45) is 1.03. The predicted octanol–water partition coefficient (Wildman–Crippen LogP) is 6.04. The molecule has 2 aromatic rings. The Morgan fingerprint density at radius 3 is 2.38 bits per heavy atom. The first-order chi connectivity index (χ1) is 10.0. The number of nitrogens with one attached hydrogen (secondary N) is 1. The van der Waals surface area contributed by atoms with Crippen LogP contribution < -0.4 is 5.32 Å². The number of hydrogen-bond donors (Lipinski definition) is 1. The second-order valence-corrected chi connectivity index (χ2v) is 6.33. The van der Waals surface area contributed by atoms with Crippen LogP contribution in [0.25, 0.3) is 0 Å². The van der Waals surface area contributed by atoms with Gasteiger partial charge in [0.1, 0.15) is 0 Å². The molecule has 0 aliphatic heterocycles. The van der Waals surface area contributed by atoms with Crippen LogP contribution in [0.15, 0.2) is 36.4 Å². The average molecular weight is 343 g/mol. The maximum atomic E-state index is 6.43. The minimum Gasteiger partial charge on any atom is -0.306 e. The number of hydrogen-bond acceptors (Lipinski definition) is 1. The molecule has 2 aromatic carbocycles. The predicted molar refractivity (Wildman–Crippen MR) is 92.8 cm³/mol. The van der Waals surface area contributed by atoms with Gasteiger partial charge in [-0.2, -0.15) is 0 Å². The third kappa shape index (κ3) is 4.14. The zero-order valence-electron chi connectivity index (χ0n) is 12.1. The molecule has 1 nitrogen and oxygen atoms in total. The maximum absolute atomic E-state index is 6.43. The molecule has 1 atom stereocenters. The van der Waals surface area contributed by atoms with Gasteiger partial charge in [-0.05, 0) is 60.8 Å². The summed E-state index contributed by atoms with van der Waals surface area (Å²) in [5, 5.41) is 5.59. The van der Waals surface area contributed by atoms with Crippen LogP contribution in [-0.2, 0) is 0 Å². The highest BCUT2D eigenvalue weighted by atomic mass is 35.5. The molecule has 0 saturated heterocycles. The monoisotopic (exact) mass is 341 g/mol. The number of benzene rings is 2. The van der Waals surface area contributed by atoms with Crippen molar-refractivity contribution in [1.82, 2.24) is 5.32 Å². The molecule has 0 aliphatic carbocycles. The van der Waals surface area contributed by atoms with E-state index >= 15 is 0 Å². The fraction of sp³-hybridized carbons (Fsp3) is 0.294. The standard InChI is InChI=1S/C17H18Cl3N/c1-3-8-21-17(13-6-4-11(2)9-16(13)20)14-10-12(18)5-7-15(14)19/h4-7,9-10,17,21H,3,8H2,1-2H3. The minimum absolute atomic E-state index is 0.0655. The first kappa shape index (κ1) is 16.6. The highest BCUT2D eigenvalue weighted by molar-refractivity contribution is 6.34. The topological polar surface area (TPSA) is 12.0 Å². The molecule has 21 heavy (non-hydrogen) atoms. The number of halogens is 3. The molecule has 1 unspecified atom stereocenters. The van der Waals surface area contributed by atoms with E-state index in [-0.39, 0.29) is 6.04 Å². The van der Waals surface area contributed by atoms with E-state index in [0.29, 0.717) is 10.0 Å². The Morgan fingerprint density at radius 1 is 0.952 bits per heavy atom. The van der Waals surface area contributed by atoms with Crippen molar-refractivity contribution in [3.63, 3.8) is 0 Å². The van der Waals surface area contributed by atoms with Crippen LogP contribution in [0.5, 0.6) is 0 Å². The number of aryl methyl sites for hydroxylation is 1. The second-order valence-electron chi connectivity index (χ2n) is 5.08. The van der Waals surface area contributed by atoms with E-state index < -0.39 is 0 Å². The van der Waals surface area contributed by atoms with Crippen molar-refractivity contribution >= 4 is 34.8 Å². The summed E-state index contributed by atoms with van der Waals surface area (Å²) in [6, 6.07) is 11.5. The number of rotatable bonds is 5. The summed E-state index contributed by atoms with van der Waals surface area (Å²) in [6.45, 7) is 5.02. The zero-order valence-corrected chi connectivity index (χ0v) is 14.4. The van der Waals surface area contributed by atoms with Crippen molar-refractivity contribution in [3.8, 4) is 0 Å². The van der Waals surface area contributed by atoms with Crippen LogP contribution >= 0.6 is 34.8 Å². The Bertz CT molecular complexity index is 625. The van der Waals surface area contributed by atoms with E-state index in [9.17, 15) is 0 Å². The molecular weight excluding hydrogens is 325 g/mol. The average Bonchev–Trinajstić information content (AvgIpc) is 2.44. The van der Waals surface area contributed by atoms with E-state index in [2.05, 4.69) is 18.3 Å². The lowest BCUT2D eigenvalue weighted by Crippen LogP contribution is -2.24. The van der Waals surface area contributed by atoms with Crippen LogP contribution in [0.4, 0.5) is 0 Å². The molecule has 1 N–H and O–H groups in total. The van der Waals surface area contributed by atoms with Gasteiger partial charge in [0.2, 0.25) is 0 Å². The molecule has 0 aliphatic rings. The molecule has 0 amide bonds. The van der Waals surface area contributed by atoms with E-state index in [1.165, 1.54) is 0 Å². The van der Waals surface area contributed by atoms with Gasteiger partial charge < -0.3 is 5.32 Å². The highest BCUT2D eigenvalue weighted by Crippen LogP contribution is 2.34. The summed E-state index contributed by atoms with van der Waals surface area (Å²) >= 11 is 18.9. The maximum Gasteiger partial charge on any atom is 0.0606 e. The molecule has 4 heteroatoms. The molecule has 112 valence electrons. The van der Waals surface area contributed by atoms with Crippen LogP contribution in [0.1, 0.15) is 36.1 Å². The SMILES string of the molecule is CCCNC(c1ccc(C)cc1Cl)c1cc(Cl)ccc1Cl. The van der Waals surface area contributed by atoms with Crippen LogP contribution in [0, 0.1) is 6.92 Å². The van der Waals surface area contributed by atoms with E-state index in [4.69, 9.17) is 34.8 Å². The van der Waals surface area contributed by atoms with E-state index in [1.807, 2.05) is 31.2 Å². The second kappa shape index (κ2) is 7.51. The zero-order chi connectivity index (χ0) is 15.4. The van der Waals surface area contributed by atoms with Gasteiger partial charge in [-0.15, -0.1) is 0 Å². The van der Waals surface area contributed by atoms with Gasteiger partial charge in [0.05, 0.1) is 6.04 Å². The molecular formula is C17H18Cl3N. The summed E-state index contributed by atoms with van der Waals surface area (Å²) in [7, 11) is 0. The third-order valence-electron chi connectivity index (χ3n) is 3.33. The van der Waals surface area contributed by atoms with Crippen LogP contribution in [0.3, 0.4) is 0 Å². The lowest BCUT2D eigenvalue weighted by molar-refractivity contribution is 0.599. The van der Waals surface area contributed by atoms with Crippen molar-refractivity contribution in [1.29, 1.82) is 0 Å². The van der Waals surface area contributed by atoms with Crippen LogP contribution in [-0.4, -0.2) is 6.54 Å².